The van der Waals surface area contributed by atoms with Crippen LogP contribution in [-0.2, 0) is 17.8 Å². The van der Waals surface area contributed by atoms with E-state index in [0.29, 0.717) is 30.3 Å². The van der Waals surface area contributed by atoms with Gasteiger partial charge in [-0.15, -0.1) is 10.2 Å². The molecule has 0 saturated carbocycles. The molecule has 1 aromatic heterocycles. The van der Waals surface area contributed by atoms with Gasteiger partial charge in [-0.1, -0.05) is 42.5 Å². The number of carbonyl (C=O) groups is 1. The van der Waals surface area contributed by atoms with Gasteiger partial charge in [0.25, 0.3) is 0 Å². The number of methoxy groups -OCH3 is 3. The molecule has 35 heavy (non-hydrogen) atoms. The number of tetrazole rings is 1. The van der Waals surface area contributed by atoms with Gasteiger partial charge in [0, 0.05) is 12.1 Å². The van der Waals surface area contributed by atoms with E-state index < -0.39 is 0 Å². The first-order chi connectivity index (χ1) is 17.1. The summed E-state index contributed by atoms with van der Waals surface area (Å²) in [6.07, 6.45) is 0.655. The van der Waals surface area contributed by atoms with Gasteiger partial charge in [0.1, 0.15) is 12.3 Å². The molecule has 9 heteroatoms. The van der Waals surface area contributed by atoms with E-state index >= 15 is 0 Å². The van der Waals surface area contributed by atoms with Gasteiger partial charge in [0.05, 0.1) is 21.3 Å². The Balaban J connectivity index is 1.30. The van der Waals surface area contributed by atoms with Crippen LogP contribution in [0.1, 0.15) is 5.56 Å². The van der Waals surface area contributed by atoms with Crippen molar-refractivity contribution in [1.29, 1.82) is 0 Å². The maximum Gasteiger partial charge on any atom is 0.243 e. The quantitative estimate of drug-likeness (QED) is 0.377. The molecule has 180 valence electrons. The van der Waals surface area contributed by atoms with Crippen LogP contribution in [0.5, 0.6) is 17.2 Å². The molecule has 0 aliphatic heterocycles. The number of rotatable bonds is 10. The first kappa shape index (κ1) is 23.7. The average molecular weight is 474 g/mol. The Kier molecular flexibility index (Phi) is 7.57. The summed E-state index contributed by atoms with van der Waals surface area (Å²) in [5, 5.41) is 15.3. The molecule has 0 fully saturated rings. The van der Waals surface area contributed by atoms with Crippen molar-refractivity contribution in [3.05, 3.63) is 72.3 Å². The van der Waals surface area contributed by atoms with Crippen LogP contribution in [0.25, 0.3) is 22.5 Å². The highest BCUT2D eigenvalue weighted by Gasteiger charge is 2.10. The fraction of sp³-hybridized carbons (Fsp3) is 0.231. The van der Waals surface area contributed by atoms with Crippen molar-refractivity contribution < 1.29 is 19.0 Å². The maximum atomic E-state index is 12.3. The summed E-state index contributed by atoms with van der Waals surface area (Å²) in [4.78, 5) is 13.6. The zero-order valence-electron chi connectivity index (χ0n) is 19.9. The van der Waals surface area contributed by atoms with Gasteiger partial charge in [0.2, 0.25) is 11.7 Å². The molecule has 0 bridgehead atoms. The lowest BCUT2D eigenvalue weighted by molar-refractivity contribution is -0.122. The fourth-order valence-corrected chi connectivity index (χ4v) is 3.59. The largest absolute Gasteiger partial charge is 0.497 e. The van der Waals surface area contributed by atoms with Crippen LogP contribution in [0.4, 0.5) is 0 Å². The smallest absolute Gasteiger partial charge is 0.243 e. The van der Waals surface area contributed by atoms with Gasteiger partial charge in [-0.3, -0.25) is 4.79 Å². The third-order valence-electron chi connectivity index (χ3n) is 5.49. The molecule has 4 aromatic rings. The van der Waals surface area contributed by atoms with Crippen LogP contribution in [0, 0.1) is 0 Å². The fourth-order valence-electron chi connectivity index (χ4n) is 3.59. The lowest BCUT2D eigenvalue weighted by Crippen LogP contribution is -2.30. The zero-order chi connectivity index (χ0) is 24.6. The molecule has 0 aliphatic rings. The summed E-state index contributed by atoms with van der Waals surface area (Å²) in [7, 11) is 4.84. The number of carbonyl (C=O) groups excluding carboxylic acids is 1. The molecule has 0 atom stereocenters. The van der Waals surface area contributed by atoms with E-state index in [1.807, 2.05) is 66.7 Å². The second kappa shape index (κ2) is 11.1. The van der Waals surface area contributed by atoms with E-state index in [-0.39, 0.29) is 12.5 Å². The van der Waals surface area contributed by atoms with E-state index in [2.05, 4.69) is 20.7 Å². The summed E-state index contributed by atoms with van der Waals surface area (Å²) >= 11 is 0. The molecule has 0 radical (unpaired) electrons. The van der Waals surface area contributed by atoms with Crippen molar-refractivity contribution in [2.45, 2.75) is 13.0 Å². The molecule has 0 unspecified atom stereocenters. The van der Waals surface area contributed by atoms with E-state index in [1.165, 1.54) is 4.80 Å². The molecule has 9 nitrogen and oxygen atoms in total. The normalized spacial score (nSPS) is 10.6. The number of aromatic nitrogens is 4. The standard InChI is InChI=1S/C26H27N5O4/c1-33-22-11-9-20(10-12-22)19-5-7-21(8-6-19)26-28-30-31(29-26)17-25(32)27-15-14-18-4-13-23(34-2)24(16-18)35-3/h4-13,16H,14-15,17H2,1-3H3,(H,27,32). The molecule has 0 spiro atoms. The Morgan fingerprint density at radius 1 is 0.829 bits per heavy atom. The average Bonchev–Trinajstić information content (AvgIpc) is 3.37. The van der Waals surface area contributed by atoms with Crippen LogP contribution >= 0.6 is 0 Å². The van der Waals surface area contributed by atoms with E-state index in [9.17, 15) is 4.79 Å². The van der Waals surface area contributed by atoms with Gasteiger partial charge < -0.3 is 19.5 Å². The Bertz CT molecular complexity index is 1270. The highest BCUT2D eigenvalue weighted by Crippen LogP contribution is 2.27. The second-order valence-electron chi connectivity index (χ2n) is 7.74. The van der Waals surface area contributed by atoms with Crippen LogP contribution in [0.15, 0.2) is 66.7 Å². The Morgan fingerprint density at radius 2 is 1.49 bits per heavy atom. The van der Waals surface area contributed by atoms with Crippen molar-refractivity contribution in [3.8, 4) is 39.8 Å². The summed E-state index contributed by atoms with van der Waals surface area (Å²) < 4.78 is 15.8. The van der Waals surface area contributed by atoms with Crippen LogP contribution in [0.2, 0.25) is 0 Å². The molecule has 0 aliphatic carbocycles. The monoisotopic (exact) mass is 473 g/mol. The summed E-state index contributed by atoms with van der Waals surface area (Å²) in [5.74, 6) is 2.42. The Morgan fingerprint density at radius 3 is 2.14 bits per heavy atom. The topological polar surface area (TPSA) is 100 Å². The highest BCUT2D eigenvalue weighted by molar-refractivity contribution is 5.75. The molecule has 3 aromatic carbocycles. The summed E-state index contributed by atoms with van der Waals surface area (Å²) in [6.45, 7) is 0.464. The first-order valence-corrected chi connectivity index (χ1v) is 11.1. The van der Waals surface area contributed by atoms with E-state index in [4.69, 9.17) is 14.2 Å². The molecule has 1 amide bonds. The zero-order valence-corrected chi connectivity index (χ0v) is 19.9. The van der Waals surface area contributed by atoms with Crippen molar-refractivity contribution in [2.75, 3.05) is 27.9 Å². The van der Waals surface area contributed by atoms with Gasteiger partial charge in [-0.25, -0.2) is 0 Å². The van der Waals surface area contributed by atoms with Crippen molar-refractivity contribution in [1.82, 2.24) is 25.5 Å². The highest BCUT2D eigenvalue weighted by atomic mass is 16.5. The van der Waals surface area contributed by atoms with Crippen molar-refractivity contribution >= 4 is 5.91 Å². The molecule has 1 heterocycles. The van der Waals surface area contributed by atoms with Crippen LogP contribution in [0.3, 0.4) is 0 Å². The van der Waals surface area contributed by atoms with Crippen molar-refractivity contribution in [3.63, 3.8) is 0 Å². The molecule has 4 rings (SSSR count). The number of hydrogen-bond donors (Lipinski definition) is 1. The lowest BCUT2D eigenvalue weighted by Gasteiger charge is -2.10. The third kappa shape index (κ3) is 5.94. The second-order valence-corrected chi connectivity index (χ2v) is 7.74. The van der Waals surface area contributed by atoms with Gasteiger partial charge in [-0.05, 0) is 52.6 Å². The number of ether oxygens (including phenoxy) is 3. The first-order valence-electron chi connectivity index (χ1n) is 11.1. The molecular weight excluding hydrogens is 446 g/mol. The van der Waals surface area contributed by atoms with Crippen LogP contribution < -0.4 is 19.5 Å². The number of hydrogen-bond acceptors (Lipinski definition) is 7. The third-order valence-corrected chi connectivity index (χ3v) is 5.49. The van der Waals surface area contributed by atoms with Gasteiger partial charge in [0.15, 0.2) is 11.5 Å². The number of nitrogens with zero attached hydrogens (tertiary/aromatic N) is 4. The minimum atomic E-state index is -0.190. The number of amides is 1. The summed E-state index contributed by atoms with van der Waals surface area (Å²) in [6, 6.07) is 21.4. The molecular formula is C26H27N5O4. The minimum Gasteiger partial charge on any atom is -0.497 e. The van der Waals surface area contributed by atoms with Crippen molar-refractivity contribution in [2.24, 2.45) is 0 Å². The predicted molar refractivity (Wildman–Crippen MR) is 132 cm³/mol. The maximum absolute atomic E-state index is 12.3. The Labute approximate surface area is 203 Å². The Hall–Kier alpha value is -4.40. The SMILES string of the molecule is COc1ccc(-c2ccc(-c3nnn(CC(=O)NCCc4ccc(OC)c(OC)c4)n3)cc2)cc1. The van der Waals surface area contributed by atoms with E-state index in [0.717, 1.165) is 28.0 Å². The number of benzene rings is 3. The van der Waals surface area contributed by atoms with Gasteiger partial charge in [-0.2, -0.15) is 4.80 Å². The van der Waals surface area contributed by atoms with Crippen LogP contribution in [-0.4, -0.2) is 54.0 Å². The predicted octanol–water partition coefficient (Wildman–Crippen LogP) is 3.39. The van der Waals surface area contributed by atoms with E-state index in [1.54, 1.807) is 21.3 Å². The van der Waals surface area contributed by atoms with Gasteiger partial charge >= 0.3 is 0 Å². The lowest BCUT2D eigenvalue weighted by atomic mass is 10.0. The number of nitrogens with one attached hydrogen (secondary N) is 1. The molecule has 0 saturated heterocycles. The summed E-state index contributed by atoms with van der Waals surface area (Å²) in [5.41, 5.74) is 4.00. The minimum absolute atomic E-state index is 0.0110. The molecule has 1 N–H and O–H groups in total.